The molecule has 0 amide bonds. The van der Waals surface area contributed by atoms with Crippen LogP contribution < -0.4 is 9.47 Å². The molecule has 0 N–H and O–H groups in total. The topological polar surface area (TPSA) is 23.4 Å². The van der Waals surface area contributed by atoms with Gasteiger partial charge in [0.15, 0.2) is 11.5 Å². The van der Waals surface area contributed by atoms with Gasteiger partial charge >= 0.3 is 0 Å². The zero-order valence-electron chi connectivity index (χ0n) is 10.0. The summed E-state index contributed by atoms with van der Waals surface area (Å²) in [6, 6.07) is 7.96. The highest BCUT2D eigenvalue weighted by Crippen LogP contribution is 2.38. The summed E-state index contributed by atoms with van der Waals surface area (Å²) < 4.78 is 13.6. The Labute approximate surface area is 109 Å². The lowest BCUT2D eigenvalue weighted by Crippen LogP contribution is -1.94. The van der Waals surface area contributed by atoms with E-state index in [0.29, 0.717) is 0 Å². The molecule has 0 aliphatic carbocycles. The Bertz CT molecular complexity index is 534. The van der Waals surface area contributed by atoms with Gasteiger partial charge in [-0.2, -0.15) is 0 Å². The highest BCUT2D eigenvalue weighted by Gasteiger charge is 2.12. The van der Waals surface area contributed by atoms with Crippen molar-refractivity contribution in [3.8, 4) is 22.8 Å². The molecule has 0 saturated carbocycles. The summed E-state index contributed by atoms with van der Waals surface area (Å²) in [5.41, 5.74) is 2.20. The van der Waals surface area contributed by atoms with Crippen LogP contribution in [0.1, 0.15) is 0 Å². The molecule has 3 nitrogen and oxygen atoms in total. The summed E-state index contributed by atoms with van der Waals surface area (Å²) in [5, 5.41) is 0. The van der Waals surface area contributed by atoms with Gasteiger partial charge in [-0.25, -0.2) is 0 Å². The first-order chi connectivity index (χ1) is 8.17. The van der Waals surface area contributed by atoms with Crippen LogP contribution in [0.2, 0.25) is 0 Å². The van der Waals surface area contributed by atoms with Crippen molar-refractivity contribution in [2.45, 2.75) is 0 Å². The maximum absolute atomic E-state index is 5.31. The molecule has 0 atom stereocenters. The molecule has 0 fully saturated rings. The minimum Gasteiger partial charge on any atom is -0.493 e. The number of nitrogens with zero attached hydrogens (tertiary/aromatic N) is 1. The second kappa shape index (κ2) is 4.84. The first-order valence-electron chi connectivity index (χ1n) is 5.20. The Balaban J connectivity index is 2.59. The van der Waals surface area contributed by atoms with Crippen molar-refractivity contribution in [1.82, 2.24) is 4.57 Å². The maximum Gasteiger partial charge on any atom is 0.161 e. The second-order valence-electron chi connectivity index (χ2n) is 3.69. The minimum atomic E-state index is 0.720. The van der Waals surface area contributed by atoms with Crippen LogP contribution in [0.25, 0.3) is 11.3 Å². The minimum absolute atomic E-state index is 0.720. The molecule has 1 aromatic carbocycles. The molecule has 0 radical (unpaired) electrons. The van der Waals surface area contributed by atoms with Crippen LogP contribution in [0.4, 0.5) is 0 Å². The van der Waals surface area contributed by atoms with Gasteiger partial charge in [0.1, 0.15) is 0 Å². The van der Waals surface area contributed by atoms with Gasteiger partial charge in [-0.1, -0.05) is 0 Å². The smallest absolute Gasteiger partial charge is 0.161 e. The number of aryl methyl sites for hydroxylation is 1. The molecule has 0 unspecified atom stereocenters. The number of ether oxygens (including phenoxy) is 2. The first kappa shape index (κ1) is 12.0. The van der Waals surface area contributed by atoms with E-state index in [4.69, 9.17) is 9.47 Å². The molecule has 2 rings (SSSR count). The summed E-state index contributed by atoms with van der Waals surface area (Å²) in [4.78, 5) is 0. The van der Waals surface area contributed by atoms with E-state index in [0.717, 1.165) is 27.2 Å². The quantitative estimate of drug-likeness (QED) is 0.865. The molecule has 4 heteroatoms. The third-order valence-electron chi connectivity index (χ3n) is 2.69. The van der Waals surface area contributed by atoms with Gasteiger partial charge in [-0.05, 0) is 40.2 Å². The number of aromatic nitrogens is 1. The Morgan fingerprint density at radius 1 is 1.12 bits per heavy atom. The lowest BCUT2D eigenvalue weighted by molar-refractivity contribution is 0.355. The highest BCUT2D eigenvalue weighted by molar-refractivity contribution is 9.10. The summed E-state index contributed by atoms with van der Waals surface area (Å²) in [6.07, 6.45) is 2.01. The molecule has 0 saturated heterocycles. The third-order valence-corrected chi connectivity index (χ3v) is 3.35. The largest absolute Gasteiger partial charge is 0.493 e. The molecule has 1 heterocycles. The maximum atomic E-state index is 5.31. The monoisotopic (exact) mass is 295 g/mol. The zero-order chi connectivity index (χ0) is 12.4. The molecule has 0 aliphatic rings. The molecule has 0 bridgehead atoms. The summed E-state index contributed by atoms with van der Waals surface area (Å²) in [6.45, 7) is 0. The fourth-order valence-electron chi connectivity index (χ4n) is 1.79. The van der Waals surface area contributed by atoms with E-state index < -0.39 is 0 Å². The van der Waals surface area contributed by atoms with E-state index >= 15 is 0 Å². The Morgan fingerprint density at radius 2 is 1.76 bits per heavy atom. The Hall–Kier alpha value is -1.42. The van der Waals surface area contributed by atoms with Crippen LogP contribution in [-0.2, 0) is 7.05 Å². The average Bonchev–Trinajstić information content (AvgIpc) is 2.75. The predicted molar refractivity (Wildman–Crippen MR) is 71.7 cm³/mol. The van der Waals surface area contributed by atoms with E-state index in [2.05, 4.69) is 26.6 Å². The highest BCUT2D eigenvalue weighted by atomic mass is 79.9. The van der Waals surface area contributed by atoms with Gasteiger partial charge in [0.05, 0.1) is 14.2 Å². The van der Waals surface area contributed by atoms with Crippen LogP contribution in [0.3, 0.4) is 0 Å². The molecule has 1 aromatic heterocycles. The van der Waals surface area contributed by atoms with E-state index in [9.17, 15) is 0 Å². The Kier molecular flexibility index (Phi) is 3.43. The normalized spacial score (nSPS) is 10.4. The fraction of sp³-hybridized carbons (Fsp3) is 0.231. The van der Waals surface area contributed by atoms with Crippen molar-refractivity contribution >= 4 is 15.9 Å². The lowest BCUT2D eigenvalue weighted by Gasteiger charge is -2.12. The number of hydrogen-bond acceptors (Lipinski definition) is 2. The van der Waals surface area contributed by atoms with Crippen LogP contribution >= 0.6 is 15.9 Å². The zero-order valence-corrected chi connectivity index (χ0v) is 11.6. The molecule has 0 spiro atoms. The number of rotatable bonds is 3. The van der Waals surface area contributed by atoms with Gasteiger partial charge < -0.3 is 14.0 Å². The van der Waals surface area contributed by atoms with Crippen LogP contribution in [0.15, 0.2) is 34.9 Å². The Morgan fingerprint density at radius 3 is 2.29 bits per heavy atom. The van der Waals surface area contributed by atoms with E-state index in [1.165, 1.54) is 0 Å². The van der Waals surface area contributed by atoms with Crippen LogP contribution in [-0.4, -0.2) is 18.8 Å². The van der Waals surface area contributed by atoms with E-state index in [1.807, 2.05) is 31.4 Å². The fourth-order valence-corrected chi connectivity index (χ4v) is 2.32. The number of halogens is 1. The van der Waals surface area contributed by atoms with Gasteiger partial charge in [0.25, 0.3) is 0 Å². The average molecular weight is 296 g/mol. The van der Waals surface area contributed by atoms with Crippen molar-refractivity contribution in [3.05, 3.63) is 34.9 Å². The molecular weight excluding hydrogens is 282 g/mol. The van der Waals surface area contributed by atoms with E-state index in [1.54, 1.807) is 14.2 Å². The SMILES string of the molecule is COc1cc(Br)c(-c2cccn2C)cc1OC. The molecule has 0 aliphatic heterocycles. The van der Waals surface area contributed by atoms with Crippen molar-refractivity contribution in [1.29, 1.82) is 0 Å². The van der Waals surface area contributed by atoms with Gasteiger partial charge in [0, 0.05) is 29.0 Å². The number of methoxy groups -OCH3 is 2. The second-order valence-corrected chi connectivity index (χ2v) is 4.55. The number of hydrogen-bond donors (Lipinski definition) is 0. The summed E-state index contributed by atoms with van der Waals surface area (Å²) in [5.74, 6) is 1.45. The predicted octanol–water partition coefficient (Wildman–Crippen LogP) is 3.47. The standard InChI is InChI=1S/C13H14BrNO2/c1-15-6-4-5-11(15)9-7-12(16-2)13(17-3)8-10(9)14/h4-8H,1-3H3. The van der Waals surface area contributed by atoms with Gasteiger partial charge in [-0.15, -0.1) is 0 Å². The summed E-state index contributed by atoms with van der Waals surface area (Å²) in [7, 11) is 5.28. The number of benzene rings is 1. The summed E-state index contributed by atoms with van der Waals surface area (Å²) >= 11 is 3.56. The molecule has 17 heavy (non-hydrogen) atoms. The third kappa shape index (κ3) is 2.17. The van der Waals surface area contributed by atoms with Gasteiger partial charge in [-0.3, -0.25) is 0 Å². The molecule has 2 aromatic rings. The van der Waals surface area contributed by atoms with Crippen LogP contribution in [0, 0.1) is 0 Å². The first-order valence-corrected chi connectivity index (χ1v) is 6.00. The molecular formula is C13H14BrNO2. The van der Waals surface area contributed by atoms with Crippen molar-refractivity contribution in [2.24, 2.45) is 7.05 Å². The van der Waals surface area contributed by atoms with Crippen molar-refractivity contribution < 1.29 is 9.47 Å². The lowest BCUT2D eigenvalue weighted by atomic mass is 10.1. The van der Waals surface area contributed by atoms with Crippen LogP contribution in [0.5, 0.6) is 11.5 Å². The van der Waals surface area contributed by atoms with Gasteiger partial charge in [0.2, 0.25) is 0 Å². The van der Waals surface area contributed by atoms with Crippen molar-refractivity contribution in [2.75, 3.05) is 14.2 Å². The molecule has 90 valence electrons. The van der Waals surface area contributed by atoms with Crippen molar-refractivity contribution in [3.63, 3.8) is 0 Å². The van der Waals surface area contributed by atoms with E-state index in [-0.39, 0.29) is 0 Å².